The molecule has 0 aliphatic heterocycles. The third-order valence-electron chi connectivity index (χ3n) is 3.44. The van der Waals surface area contributed by atoms with Crippen LogP contribution in [0.25, 0.3) is 11.1 Å². The Kier molecular flexibility index (Phi) is 4.22. The van der Waals surface area contributed by atoms with E-state index in [2.05, 4.69) is 30.0 Å². The summed E-state index contributed by atoms with van der Waals surface area (Å²) in [6.07, 6.45) is 0. The zero-order valence-corrected chi connectivity index (χ0v) is 12.4. The highest BCUT2D eigenvalue weighted by Gasteiger charge is 2.08. The van der Waals surface area contributed by atoms with Crippen molar-refractivity contribution in [1.82, 2.24) is 0 Å². The Bertz CT molecular complexity index is 809. The van der Waals surface area contributed by atoms with Crippen molar-refractivity contribution >= 4 is 0 Å². The van der Waals surface area contributed by atoms with Crippen LogP contribution < -0.4 is 4.74 Å². The fraction of sp³-hybridized carbons (Fsp3) is 0.0476. The number of methoxy groups -OCH3 is 1. The van der Waals surface area contributed by atoms with Gasteiger partial charge in [0.25, 0.3) is 0 Å². The zero-order valence-electron chi connectivity index (χ0n) is 12.4. The highest BCUT2D eigenvalue weighted by atomic mass is 16.5. The maximum absolute atomic E-state index is 5.49. The number of hydrogen-bond acceptors (Lipinski definition) is 1. The summed E-state index contributed by atoms with van der Waals surface area (Å²) < 4.78 is 5.49. The normalized spacial score (nSPS) is 9.68. The standard InChI is InChI=1S/C21H16O/c1-22-21-14-8-13-19(18-11-6-3-7-12-18)20(21)16-15-17-9-4-2-5-10-17/h2-14H,1H3. The Morgan fingerprint density at radius 3 is 2.05 bits per heavy atom. The van der Waals surface area contributed by atoms with Crippen molar-refractivity contribution in [2.24, 2.45) is 0 Å². The molecule has 0 N–H and O–H groups in total. The highest BCUT2D eigenvalue weighted by molar-refractivity contribution is 5.74. The molecule has 0 amide bonds. The topological polar surface area (TPSA) is 9.23 Å². The van der Waals surface area contributed by atoms with Gasteiger partial charge < -0.3 is 4.74 Å². The second kappa shape index (κ2) is 6.65. The molecular formula is C21H16O. The lowest BCUT2D eigenvalue weighted by atomic mass is 9.99. The molecule has 3 rings (SSSR count). The van der Waals surface area contributed by atoms with E-state index in [1.807, 2.05) is 60.7 Å². The molecule has 0 unspecified atom stereocenters. The lowest BCUT2D eigenvalue weighted by Gasteiger charge is -2.09. The Labute approximate surface area is 131 Å². The van der Waals surface area contributed by atoms with Crippen LogP contribution in [0.1, 0.15) is 11.1 Å². The van der Waals surface area contributed by atoms with Gasteiger partial charge in [-0.1, -0.05) is 72.5 Å². The molecule has 0 heterocycles. The maximum Gasteiger partial charge on any atom is 0.135 e. The summed E-state index contributed by atoms with van der Waals surface area (Å²) in [5.74, 6) is 7.28. The van der Waals surface area contributed by atoms with E-state index in [0.29, 0.717) is 0 Å². The monoisotopic (exact) mass is 284 g/mol. The van der Waals surface area contributed by atoms with Crippen LogP contribution in [0.4, 0.5) is 0 Å². The van der Waals surface area contributed by atoms with Gasteiger partial charge in [-0.3, -0.25) is 0 Å². The molecule has 0 bridgehead atoms. The van der Waals surface area contributed by atoms with E-state index in [9.17, 15) is 0 Å². The van der Waals surface area contributed by atoms with E-state index in [-0.39, 0.29) is 0 Å². The van der Waals surface area contributed by atoms with Gasteiger partial charge in [0.2, 0.25) is 0 Å². The molecule has 1 nitrogen and oxygen atoms in total. The molecule has 3 aromatic carbocycles. The van der Waals surface area contributed by atoms with E-state index in [1.165, 1.54) is 0 Å². The first kappa shape index (κ1) is 14.0. The van der Waals surface area contributed by atoms with Crippen molar-refractivity contribution in [2.75, 3.05) is 7.11 Å². The quantitative estimate of drug-likeness (QED) is 0.616. The van der Waals surface area contributed by atoms with Gasteiger partial charge in [0.15, 0.2) is 0 Å². The Morgan fingerprint density at radius 2 is 1.36 bits per heavy atom. The molecule has 3 aromatic rings. The molecule has 0 aromatic heterocycles. The Hall–Kier alpha value is -2.98. The van der Waals surface area contributed by atoms with E-state index in [0.717, 1.165) is 28.0 Å². The SMILES string of the molecule is COc1cccc(-c2ccccc2)c1C#Cc1ccccc1. The fourth-order valence-electron chi connectivity index (χ4n) is 2.34. The van der Waals surface area contributed by atoms with Gasteiger partial charge in [-0.25, -0.2) is 0 Å². The van der Waals surface area contributed by atoms with Crippen LogP contribution in [0.5, 0.6) is 5.75 Å². The first-order valence-electron chi connectivity index (χ1n) is 7.18. The van der Waals surface area contributed by atoms with Crippen LogP contribution in [0.15, 0.2) is 78.9 Å². The van der Waals surface area contributed by atoms with Crippen molar-refractivity contribution < 1.29 is 4.74 Å². The van der Waals surface area contributed by atoms with Gasteiger partial charge in [0.05, 0.1) is 12.7 Å². The van der Waals surface area contributed by atoms with E-state index >= 15 is 0 Å². The molecule has 106 valence electrons. The van der Waals surface area contributed by atoms with Gasteiger partial charge in [-0.05, 0) is 23.8 Å². The van der Waals surface area contributed by atoms with Crippen molar-refractivity contribution in [3.63, 3.8) is 0 Å². The molecule has 22 heavy (non-hydrogen) atoms. The zero-order chi connectivity index (χ0) is 15.2. The summed E-state index contributed by atoms with van der Waals surface area (Å²) in [5.41, 5.74) is 4.13. The molecule has 0 fully saturated rings. The minimum atomic E-state index is 0.796. The summed E-state index contributed by atoms with van der Waals surface area (Å²) >= 11 is 0. The summed E-state index contributed by atoms with van der Waals surface area (Å²) in [5, 5.41) is 0. The third kappa shape index (κ3) is 3.02. The van der Waals surface area contributed by atoms with Crippen LogP contribution in [0.3, 0.4) is 0 Å². The average molecular weight is 284 g/mol. The molecule has 0 aliphatic rings. The first-order valence-corrected chi connectivity index (χ1v) is 7.18. The fourth-order valence-corrected chi connectivity index (χ4v) is 2.34. The van der Waals surface area contributed by atoms with Gasteiger partial charge in [0.1, 0.15) is 5.75 Å². The van der Waals surface area contributed by atoms with E-state index < -0.39 is 0 Å². The summed E-state index contributed by atoms with van der Waals surface area (Å²) in [4.78, 5) is 0. The lowest BCUT2D eigenvalue weighted by molar-refractivity contribution is 0.414. The molecular weight excluding hydrogens is 268 g/mol. The largest absolute Gasteiger partial charge is 0.495 e. The third-order valence-corrected chi connectivity index (χ3v) is 3.44. The number of benzene rings is 3. The van der Waals surface area contributed by atoms with Crippen LogP contribution in [-0.4, -0.2) is 7.11 Å². The van der Waals surface area contributed by atoms with E-state index in [4.69, 9.17) is 4.74 Å². The van der Waals surface area contributed by atoms with Gasteiger partial charge in [-0.2, -0.15) is 0 Å². The summed E-state index contributed by atoms with van der Waals surface area (Å²) in [6.45, 7) is 0. The highest BCUT2D eigenvalue weighted by Crippen LogP contribution is 2.29. The second-order valence-electron chi connectivity index (χ2n) is 4.86. The molecule has 0 saturated carbocycles. The van der Waals surface area contributed by atoms with Crippen molar-refractivity contribution in [1.29, 1.82) is 0 Å². The summed E-state index contributed by atoms with van der Waals surface area (Å²) in [6, 6.07) is 26.2. The van der Waals surface area contributed by atoms with E-state index in [1.54, 1.807) is 7.11 Å². The molecule has 1 heteroatoms. The van der Waals surface area contributed by atoms with Crippen molar-refractivity contribution in [2.45, 2.75) is 0 Å². The molecule has 0 atom stereocenters. The van der Waals surface area contributed by atoms with Crippen molar-refractivity contribution in [3.05, 3.63) is 90.0 Å². The lowest BCUT2D eigenvalue weighted by Crippen LogP contribution is -1.91. The molecule has 0 aliphatic carbocycles. The van der Waals surface area contributed by atoms with Gasteiger partial charge in [0, 0.05) is 11.1 Å². The number of hydrogen-bond donors (Lipinski definition) is 0. The minimum absolute atomic E-state index is 0.796. The number of ether oxygens (including phenoxy) is 1. The second-order valence-corrected chi connectivity index (χ2v) is 4.86. The first-order chi connectivity index (χ1) is 10.9. The molecule has 0 radical (unpaired) electrons. The summed E-state index contributed by atoms with van der Waals surface area (Å²) in [7, 11) is 1.68. The van der Waals surface area contributed by atoms with Crippen LogP contribution in [-0.2, 0) is 0 Å². The Balaban J connectivity index is 2.12. The number of rotatable bonds is 2. The molecule has 0 saturated heterocycles. The predicted molar refractivity (Wildman–Crippen MR) is 90.9 cm³/mol. The van der Waals surface area contributed by atoms with Gasteiger partial charge >= 0.3 is 0 Å². The maximum atomic E-state index is 5.49. The average Bonchev–Trinajstić information content (AvgIpc) is 2.61. The van der Waals surface area contributed by atoms with Crippen LogP contribution >= 0.6 is 0 Å². The van der Waals surface area contributed by atoms with Crippen molar-refractivity contribution in [3.8, 4) is 28.7 Å². The predicted octanol–water partition coefficient (Wildman–Crippen LogP) is 4.76. The molecule has 0 spiro atoms. The minimum Gasteiger partial charge on any atom is -0.495 e. The smallest absolute Gasteiger partial charge is 0.135 e. The van der Waals surface area contributed by atoms with Gasteiger partial charge in [-0.15, -0.1) is 0 Å². The van der Waals surface area contributed by atoms with Crippen LogP contribution in [0.2, 0.25) is 0 Å². The Morgan fingerprint density at radius 1 is 0.682 bits per heavy atom. The van der Waals surface area contributed by atoms with Crippen LogP contribution in [0, 0.1) is 11.8 Å².